The van der Waals surface area contributed by atoms with Crippen molar-refractivity contribution in [1.29, 1.82) is 0 Å². The van der Waals surface area contributed by atoms with E-state index in [9.17, 15) is 9.90 Å². The van der Waals surface area contributed by atoms with Crippen molar-refractivity contribution in [3.05, 3.63) is 22.2 Å². The summed E-state index contributed by atoms with van der Waals surface area (Å²) in [6, 6.07) is 0. The highest BCUT2D eigenvalue weighted by molar-refractivity contribution is 6.24. The predicted octanol–water partition coefficient (Wildman–Crippen LogP) is -0.618. The van der Waals surface area contributed by atoms with Gasteiger partial charge in [-0.05, 0) is 13.8 Å². The highest BCUT2D eigenvalue weighted by Crippen LogP contribution is 2.42. The summed E-state index contributed by atoms with van der Waals surface area (Å²) < 4.78 is 6.63. The van der Waals surface area contributed by atoms with Crippen molar-refractivity contribution in [2.24, 2.45) is 0 Å². The van der Waals surface area contributed by atoms with Gasteiger partial charge in [0.1, 0.15) is 22.9 Å². The van der Waals surface area contributed by atoms with Crippen LogP contribution in [0.1, 0.15) is 18.7 Å². The molecule has 0 amide bonds. The molecule has 2 heterocycles. The number of nitrogens with two attached hydrogens (primary N) is 1. The first-order chi connectivity index (χ1) is 8.78. The molecule has 19 heavy (non-hydrogen) atoms. The molecule has 0 spiro atoms. The normalized spacial score (nSPS) is 34.7. The second kappa shape index (κ2) is 4.75. The summed E-state index contributed by atoms with van der Waals surface area (Å²) in [6.07, 6.45) is -1.41. The Balaban J connectivity index is 2.48. The summed E-state index contributed by atoms with van der Waals surface area (Å²) in [5.41, 5.74) is 5.52. The zero-order valence-corrected chi connectivity index (χ0v) is 11.3. The van der Waals surface area contributed by atoms with Gasteiger partial charge >= 0.3 is 5.69 Å². The third-order valence-corrected chi connectivity index (χ3v) is 3.73. The molecule has 1 aliphatic rings. The summed E-state index contributed by atoms with van der Waals surface area (Å²) in [5.74, 6) is 0.134. The summed E-state index contributed by atoms with van der Waals surface area (Å²) in [5, 5.41) is 19.1. The predicted molar refractivity (Wildman–Crippen MR) is 68.9 cm³/mol. The molecule has 0 unspecified atom stereocenters. The quantitative estimate of drug-likeness (QED) is 0.626. The summed E-state index contributed by atoms with van der Waals surface area (Å²) >= 11 is 6.25. The number of rotatable bonds is 2. The monoisotopic (exact) mass is 289 g/mol. The summed E-state index contributed by atoms with van der Waals surface area (Å²) in [7, 11) is 0. The van der Waals surface area contributed by atoms with E-state index in [2.05, 4.69) is 4.98 Å². The molecule has 1 saturated heterocycles. The number of halogens is 1. The average Bonchev–Trinajstić information content (AvgIpc) is 2.56. The minimum absolute atomic E-state index is 0.134. The van der Waals surface area contributed by atoms with Crippen LogP contribution in [0.15, 0.2) is 11.0 Å². The van der Waals surface area contributed by atoms with Gasteiger partial charge in [0, 0.05) is 11.8 Å². The van der Waals surface area contributed by atoms with Crippen molar-refractivity contribution in [2.75, 3.05) is 12.3 Å². The Morgan fingerprint density at radius 2 is 2.32 bits per heavy atom. The van der Waals surface area contributed by atoms with Crippen LogP contribution in [-0.4, -0.2) is 43.5 Å². The van der Waals surface area contributed by atoms with Crippen molar-refractivity contribution in [3.63, 3.8) is 0 Å². The second-order valence-corrected chi connectivity index (χ2v) is 5.62. The first-order valence-electron chi connectivity index (χ1n) is 5.77. The van der Waals surface area contributed by atoms with E-state index in [1.165, 1.54) is 17.7 Å². The number of aromatic nitrogens is 2. The van der Waals surface area contributed by atoms with Crippen LogP contribution in [0, 0.1) is 6.92 Å². The minimum atomic E-state index is -1.25. The van der Waals surface area contributed by atoms with E-state index < -0.39 is 35.6 Å². The molecule has 1 fully saturated rings. The fourth-order valence-corrected chi connectivity index (χ4v) is 2.41. The van der Waals surface area contributed by atoms with Gasteiger partial charge in [0.05, 0.1) is 6.61 Å². The largest absolute Gasteiger partial charge is 0.394 e. The standard InChI is InChI=1S/C11H16ClN3O4/c1-5-3-15(10(18)14-8(5)13)9-11(2,12)7(17)6(4-16)19-9/h3,6-7,9,16-17H,4H2,1-2H3,(H2,13,14,18)/t6-,7-,9-,11-/m1/s1. The molecule has 4 N–H and O–H groups in total. The van der Waals surface area contributed by atoms with Crippen LogP contribution in [0.4, 0.5) is 5.82 Å². The Morgan fingerprint density at radius 3 is 2.84 bits per heavy atom. The van der Waals surface area contributed by atoms with Gasteiger partial charge in [-0.15, -0.1) is 11.6 Å². The number of nitrogen functional groups attached to an aromatic ring is 1. The van der Waals surface area contributed by atoms with E-state index in [-0.39, 0.29) is 5.82 Å². The number of nitrogens with zero attached hydrogens (tertiary/aromatic N) is 2. The van der Waals surface area contributed by atoms with Gasteiger partial charge in [-0.1, -0.05) is 0 Å². The van der Waals surface area contributed by atoms with E-state index in [0.717, 1.165) is 0 Å². The third kappa shape index (κ3) is 2.23. The minimum Gasteiger partial charge on any atom is -0.394 e. The average molecular weight is 290 g/mol. The van der Waals surface area contributed by atoms with Crippen LogP contribution in [0.2, 0.25) is 0 Å². The van der Waals surface area contributed by atoms with Gasteiger partial charge in [-0.25, -0.2) is 4.79 Å². The molecule has 0 aromatic carbocycles. The molecule has 1 aromatic rings. The third-order valence-electron chi connectivity index (χ3n) is 3.32. The molecular formula is C11H16ClN3O4. The van der Waals surface area contributed by atoms with Crippen LogP contribution in [-0.2, 0) is 4.74 Å². The highest BCUT2D eigenvalue weighted by Gasteiger charge is 2.53. The lowest BCUT2D eigenvalue weighted by Gasteiger charge is -2.26. The van der Waals surface area contributed by atoms with Crippen LogP contribution >= 0.6 is 11.6 Å². The highest BCUT2D eigenvalue weighted by atomic mass is 35.5. The number of ether oxygens (including phenoxy) is 1. The Labute approximate surface area is 114 Å². The lowest BCUT2D eigenvalue weighted by molar-refractivity contribution is -0.0469. The van der Waals surface area contributed by atoms with E-state index in [1.54, 1.807) is 6.92 Å². The fourth-order valence-electron chi connectivity index (χ4n) is 2.11. The van der Waals surface area contributed by atoms with Crippen molar-refractivity contribution in [2.45, 2.75) is 37.2 Å². The molecule has 0 aliphatic carbocycles. The van der Waals surface area contributed by atoms with Gasteiger partial charge < -0.3 is 20.7 Å². The topological polar surface area (TPSA) is 111 Å². The molecule has 2 rings (SSSR count). The van der Waals surface area contributed by atoms with Gasteiger partial charge in [0.25, 0.3) is 0 Å². The van der Waals surface area contributed by atoms with Crippen molar-refractivity contribution in [1.82, 2.24) is 9.55 Å². The number of alkyl halides is 1. The van der Waals surface area contributed by atoms with Gasteiger partial charge in [0.2, 0.25) is 0 Å². The van der Waals surface area contributed by atoms with Crippen LogP contribution < -0.4 is 11.4 Å². The molecule has 1 aromatic heterocycles. The zero-order chi connectivity index (χ0) is 14.4. The Kier molecular flexibility index (Phi) is 3.57. The number of aliphatic hydroxyl groups is 2. The molecule has 106 valence electrons. The molecule has 4 atom stereocenters. The van der Waals surface area contributed by atoms with Crippen LogP contribution in [0.3, 0.4) is 0 Å². The Morgan fingerprint density at radius 1 is 1.68 bits per heavy atom. The lowest BCUT2D eigenvalue weighted by Crippen LogP contribution is -2.42. The number of hydrogen-bond acceptors (Lipinski definition) is 6. The van der Waals surface area contributed by atoms with Crippen molar-refractivity contribution >= 4 is 17.4 Å². The van der Waals surface area contributed by atoms with E-state index in [1.807, 2.05) is 0 Å². The Bertz CT molecular complexity index is 545. The van der Waals surface area contributed by atoms with Crippen LogP contribution in [0.25, 0.3) is 0 Å². The molecule has 7 nitrogen and oxygen atoms in total. The van der Waals surface area contributed by atoms with Gasteiger partial charge in [0.15, 0.2) is 6.23 Å². The van der Waals surface area contributed by atoms with Crippen molar-refractivity contribution in [3.8, 4) is 0 Å². The number of hydrogen-bond donors (Lipinski definition) is 3. The van der Waals surface area contributed by atoms with E-state index in [4.69, 9.17) is 27.2 Å². The summed E-state index contributed by atoms with van der Waals surface area (Å²) in [6.45, 7) is 2.84. The van der Waals surface area contributed by atoms with Gasteiger partial charge in [-0.2, -0.15) is 4.98 Å². The number of anilines is 1. The van der Waals surface area contributed by atoms with Crippen LogP contribution in [0.5, 0.6) is 0 Å². The zero-order valence-electron chi connectivity index (χ0n) is 10.6. The molecule has 1 aliphatic heterocycles. The first kappa shape index (κ1) is 14.3. The second-order valence-electron chi connectivity index (χ2n) is 4.80. The molecule has 0 bridgehead atoms. The maximum atomic E-state index is 11.9. The Hall–Kier alpha value is -1.15. The molecule has 8 heteroatoms. The molecular weight excluding hydrogens is 274 g/mol. The lowest BCUT2D eigenvalue weighted by atomic mass is 10.0. The first-order valence-corrected chi connectivity index (χ1v) is 6.15. The molecule has 0 radical (unpaired) electrons. The fraction of sp³-hybridized carbons (Fsp3) is 0.636. The maximum Gasteiger partial charge on any atom is 0.351 e. The smallest absolute Gasteiger partial charge is 0.351 e. The van der Waals surface area contributed by atoms with E-state index in [0.29, 0.717) is 5.56 Å². The van der Waals surface area contributed by atoms with Crippen molar-refractivity contribution < 1.29 is 14.9 Å². The maximum absolute atomic E-state index is 11.9. The SMILES string of the molecule is Cc1cn([C@@H]2O[C@H](CO)[C@@H](O)[C@@]2(C)Cl)c(=O)nc1N. The van der Waals surface area contributed by atoms with E-state index >= 15 is 0 Å². The van der Waals surface area contributed by atoms with Gasteiger partial charge in [-0.3, -0.25) is 4.57 Å². The number of aryl methyl sites for hydroxylation is 1. The number of aliphatic hydroxyl groups excluding tert-OH is 2. The summed E-state index contributed by atoms with van der Waals surface area (Å²) in [4.78, 5) is 14.3. The molecule has 0 saturated carbocycles.